The lowest BCUT2D eigenvalue weighted by Crippen LogP contribution is -2.11. The SMILES string of the molecule is CCOC(=O)Cc1csc(NN=Cc2c(Cl)cc(C(F)(F)F)c(F)c2F)n1. The van der Waals surface area contributed by atoms with Crippen LogP contribution in [-0.4, -0.2) is 23.8 Å². The van der Waals surface area contributed by atoms with Gasteiger partial charge in [-0.3, -0.25) is 10.2 Å². The van der Waals surface area contributed by atoms with Crippen LogP contribution in [0.25, 0.3) is 0 Å². The molecule has 0 saturated heterocycles. The van der Waals surface area contributed by atoms with Crippen LogP contribution in [0.5, 0.6) is 0 Å². The van der Waals surface area contributed by atoms with Crippen molar-refractivity contribution in [3.63, 3.8) is 0 Å². The molecule has 0 fully saturated rings. The Kier molecular flexibility index (Phi) is 6.71. The fourth-order valence-electron chi connectivity index (χ4n) is 1.89. The van der Waals surface area contributed by atoms with E-state index in [1.165, 1.54) is 0 Å². The van der Waals surface area contributed by atoms with Crippen LogP contribution in [0.2, 0.25) is 5.02 Å². The third-order valence-electron chi connectivity index (χ3n) is 3.04. The van der Waals surface area contributed by atoms with Crippen molar-refractivity contribution in [3.8, 4) is 0 Å². The topological polar surface area (TPSA) is 63.6 Å². The molecular formula is C15H11ClF5N3O2S. The molecule has 0 aliphatic heterocycles. The molecule has 0 saturated carbocycles. The maximum absolute atomic E-state index is 13.9. The zero-order valence-electron chi connectivity index (χ0n) is 13.5. The van der Waals surface area contributed by atoms with Crippen molar-refractivity contribution in [2.45, 2.75) is 19.5 Å². The fourth-order valence-corrected chi connectivity index (χ4v) is 2.79. The van der Waals surface area contributed by atoms with Crippen molar-refractivity contribution in [2.24, 2.45) is 5.10 Å². The molecule has 1 heterocycles. The largest absolute Gasteiger partial charge is 0.466 e. The number of nitrogens with zero attached hydrogens (tertiary/aromatic N) is 2. The first-order valence-electron chi connectivity index (χ1n) is 7.27. The number of esters is 1. The Labute approximate surface area is 158 Å². The number of anilines is 1. The number of nitrogens with one attached hydrogen (secondary N) is 1. The third kappa shape index (κ3) is 5.36. The molecule has 1 aromatic carbocycles. The summed E-state index contributed by atoms with van der Waals surface area (Å²) in [7, 11) is 0. The van der Waals surface area contributed by atoms with Gasteiger partial charge in [-0.25, -0.2) is 13.8 Å². The summed E-state index contributed by atoms with van der Waals surface area (Å²) in [5.41, 5.74) is 0.334. The van der Waals surface area contributed by atoms with Gasteiger partial charge in [0, 0.05) is 5.38 Å². The van der Waals surface area contributed by atoms with Crippen LogP contribution in [-0.2, 0) is 22.1 Å². The minimum Gasteiger partial charge on any atom is -0.466 e. The van der Waals surface area contributed by atoms with Gasteiger partial charge in [0.1, 0.15) is 0 Å². The molecule has 27 heavy (non-hydrogen) atoms. The predicted octanol–water partition coefficient (Wildman–Crippen LogP) is 4.65. The first kappa shape index (κ1) is 21.0. The zero-order chi connectivity index (χ0) is 20.2. The lowest BCUT2D eigenvalue weighted by atomic mass is 10.1. The van der Waals surface area contributed by atoms with Crippen LogP contribution in [0.1, 0.15) is 23.7 Å². The summed E-state index contributed by atoms with van der Waals surface area (Å²) < 4.78 is 70.0. The number of alkyl halides is 3. The first-order valence-corrected chi connectivity index (χ1v) is 8.53. The Morgan fingerprint density at radius 1 is 1.41 bits per heavy atom. The van der Waals surface area contributed by atoms with Gasteiger partial charge in [0.2, 0.25) is 5.13 Å². The van der Waals surface area contributed by atoms with Crippen molar-refractivity contribution in [2.75, 3.05) is 12.0 Å². The van der Waals surface area contributed by atoms with Crippen molar-refractivity contribution in [1.29, 1.82) is 0 Å². The summed E-state index contributed by atoms with van der Waals surface area (Å²) in [5.74, 6) is -4.31. The van der Waals surface area contributed by atoms with E-state index >= 15 is 0 Å². The van der Waals surface area contributed by atoms with Crippen LogP contribution in [0, 0.1) is 11.6 Å². The van der Waals surface area contributed by atoms with Gasteiger partial charge >= 0.3 is 12.1 Å². The van der Waals surface area contributed by atoms with Crippen molar-refractivity contribution >= 4 is 40.3 Å². The third-order valence-corrected chi connectivity index (χ3v) is 4.14. The lowest BCUT2D eigenvalue weighted by Gasteiger charge is -2.11. The number of carbonyl (C=O) groups excluding carboxylic acids is 1. The molecule has 12 heteroatoms. The summed E-state index contributed by atoms with van der Waals surface area (Å²) in [5, 5.41) is 4.69. The lowest BCUT2D eigenvalue weighted by molar-refractivity contribution is -0.142. The van der Waals surface area contributed by atoms with Crippen LogP contribution in [0.4, 0.5) is 27.1 Å². The highest BCUT2D eigenvalue weighted by Gasteiger charge is 2.37. The van der Waals surface area contributed by atoms with Gasteiger partial charge in [0.15, 0.2) is 11.6 Å². The molecule has 0 aliphatic carbocycles. The molecule has 0 bridgehead atoms. The second kappa shape index (κ2) is 8.61. The van der Waals surface area contributed by atoms with Gasteiger partial charge in [0.05, 0.1) is 41.1 Å². The molecule has 1 aromatic heterocycles. The fraction of sp³-hybridized carbons (Fsp3) is 0.267. The monoisotopic (exact) mass is 427 g/mol. The Balaban J connectivity index is 2.12. The molecule has 1 N–H and O–H groups in total. The minimum absolute atomic E-state index is 0.0553. The summed E-state index contributed by atoms with van der Waals surface area (Å²) in [6.07, 6.45) is -4.41. The number of thiazole rings is 1. The average Bonchev–Trinajstić information content (AvgIpc) is 3.00. The van der Waals surface area contributed by atoms with Gasteiger partial charge < -0.3 is 4.74 Å². The van der Waals surface area contributed by atoms with Crippen LogP contribution >= 0.6 is 22.9 Å². The number of hydrogen-bond acceptors (Lipinski definition) is 6. The second-order valence-electron chi connectivity index (χ2n) is 4.94. The molecule has 0 unspecified atom stereocenters. The summed E-state index contributed by atoms with van der Waals surface area (Å²) in [4.78, 5) is 15.4. The summed E-state index contributed by atoms with van der Waals surface area (Å²) >= 11 is 6.66. The number of ether oxygens (including phenoxy) is 1. The highest BCUT2D eigenvalue weighted by molar-refractivity contribution is 7.13. The number of hydrogen-bond donors (Lipinski definition) is 1. The predicted molar refractivity (Wildman–Crippen MR) is 90.0 cm³/mol. The number of hydrazone groups is 1. The van der Waals surface area contributed by atoms with Gasteiger partial charge in [0.25, 0.3) is 0 Å². The molecule has 2 aromatic rings. The van der Waals surface area contributed by atoms with E-state index in [4.69, 9.17) is 16.3 Å². The van der Waals surface area contributed by atoms with E-state index in [1.54, 1.807) is 12.3 Å². The van der Waals surface area contributed by atoms with Gasteiger partial charge in [-0.05, 0) is 13.0 Å². The van der Waals surface area contributed by atoms with E-state index in [1.807, 2.05) is 0 Å². The number of aromatic nitrogens is 1. The van der Waals surface area contributed by atoms with Crippen LogP contribution in [0.3, 0.4) is 0 Å². The van der Waals surface area contributed by atoms with Gasteiger partial charge in [-0.1, -0.05) is 11.6 Å². The number of rotatable bonds is 6. The van der Waals surface area contributed by atoms with E-state index in [-0.39, 0.29) is 24.2 Å². The molecule has 146 valence electrons. The molecular weight excluding hydrogens is 417 g/mol. The Morgan fingerprint density at radius 3 is 2.74 bits per heavy atom. The minimum atomic E-state index is -5.08. The van der Waals surface area contributed by atoms with E-state index in [9.17, 15) is 26.7 Å². The molecule has 0 spiro atoms. The van der Waals surface area contributed by atoms with Crippen LogP contribution < -0.4 is 5.43 Å². The quantitative estimate of drug-likeness (QED) is 0.240. The molecule has 0 amide bonds. The number of benzene rings is 1. The maximum atomic E-state index is 13.9. The smallest absolute Gasteiger partial charge is 0.419 e. The Hall–Kier alpha value is -2.27. The van der Waals surface area contributed by atoms with E-state index in [0.717, 1.165) is 17.6 Å². The molecule has 0 atom stereocenters. The standard InChI is InChI=1S/C15H11ClF5N3O2S/c1-2-26-11(25)3-7-6-27-14(23-7)24-22-5-8-10(16)4-9(15(19,20)21)13(18)12(8)17/h4-6H,2-3H2,1H3,(H,23,24). The van der Waals surface area contributed by atoms with Crippen molar-refractivity contribution < 1.29 is 31.5 Å². The number of halogens is 6. The van der Waals surface area contributed by atoms with E-state index in [2.05, 4.69) is 15.5 Å². The van der Waals surface area contributed by atoms with Crippen LogP contribution in [0.15, 0.2) is 16.5 Å². The van der Waals surface area contributed by atoms with E-state index in [0.29, 0.717) is 5.69 Å². The van der Waals surface area contributed by atoms with Gasteiger partial charge in [-0.15, -0.1) is 11.3 Å². The maximum Gasteiger partial charge on any atom is 0.419 e. The normalized spacial score (nSPS) is 11.8. The molecule has 2 rings (SSSR count). The molecule has 0 radical (unpaired) electrons. The van der Waals surface area contributed by atoms with E-state index < -0.39 is 39.9 Å². The number of carbonyl (C=O) groups is 1. The molecule has 0 aliphatic rings. The summed E-state index contributed by atoms with van der Waals surface area (Å²) in [6, 6.07) is 0.280. The second-order valence-corrected chi connectivity index (χ2v) is 6.21. The zero-order valence-corrected chi connectivity index (χ0v) is 15.1. The molecule has 5 nitrogen and oxygen atoms in total. The highest BCUT2D eigenvalue weighted by Crippen LogP contribution is 2.35. The van der Waals surface area contributed by atoms with Gasteiger partial charge in [-0.2, -0.15) is 18.3 Å². The average molecular weight is 428 g/mol. The van der Waals surface area contributed by atoms with Crippen molar-refractivity contribution in [1.82, 2.24) is 4.98 Å². The highest BCUT2D eigenvalue weighted by atomic mass is 35.5. The van der Waals surface area contributed by atoms with Crippen molar-refractivity contribution in [3.05, 3.63) is 44.9 Å². The summed E-state index contributed by atoms with van der Waals surface area (Å²) in [6.45, 7) is 1.89. The Bertz CT molecular complexity index is 870. The first-order chi connectivity index (χ1) is 12.6. The Morgan fingerprint density at radius 2 is 2.11 bits per heavy atom.